The molecule has 1 atom stereocenters. The van der Waals surface area contributed by atoms with Gasteiger partial charge in [0.2, 0.25) is 0 Å². The molecule has 0 unspecified atom stereocenters. The van der Waals surface area contributed by atoms with Gasteiger partial charge in [0, 0.05) is 19.4 Å². The van der Waals surface area contributed by atoms with Crippen LogP contribution in [0.2, 0.25) is 0 Å². The van der Waals surface area contributed by atoms with E-state index in [1.54, 1.807) is 0 Å². The third-order valence-corrected chi connectivity index (χ3v) is 12.8. The Kier molecular flexibility index (Phi) is 55.3. The summed E-state index contributed by atoms with van der Waals surface area (Å²) in [5.74, 6) is -0.411. The molecule has 386 valence electrons. The van der Waals surface area contributed by atoms with Crippen LogP contribution in [0.5, 0.6) is 0 Å². The summed E-state index contributed by atoms with van der Waals surface area (Å²) < 4.78 is 17.5. The molecule has 0 heterocycles. The summed E-state index contributed by atoms with van der Waals surface area (Å²) >= 11 is 0. The lowest BCUT2D eigenvalue weighted by molar-refractivity contribution is -0.163. The molecule has 0 aromatic heterocycles. The van der Waals surface area contributed by atoms with E-state index in [1.807, 2.05) is 0 Å². The van der Waals surface area contributed by atoms with E-state index in [4.69, 9.17) is 14.2 Å². The third kappa shape index (κ3) is 54.5. The van der Waals surface area contributed by atoms with Crippen molar-refractivity contribution in [3.8, 4) is 0 Å². The molecule has 66 heavy (non-hydrogen) atoms. The molecule has 0 aromatic carbocycles. The topological polar surface area (TPSA) is 61.8 Å². The van der Waals surface area contributed by atoms with Gasteiger partial charge in [0.1, 0.15) is 6.61 Å². The zero-order valence-electron chi connectivity index (χ0n) is 44.5. The van der Waals surface area contributed by atoms with Crippen LogP contribution in [0.25, 0.3) is 0 Å². The van der Waals surface area contributed by atoms with Crippen LogP contribution in [-0.2, 0) is 23.8 Å². The maximum atomic E-state index is 12.9. The van der Waals surface area contributed by atoms with E-state index >= 15 is 0 Å². The molecule has 0 aliphatic rings. The number of hydrogen-bond donors (Lipinski definition) is 0. The van der Waals surface area contributed by atoms with Crippen LogP contribution >= 0.6 is 0 Å². The van der Waals surface area contributed by atoms with Gasteiger partial charge in [0.15, 0.2) is 6.10 Å². The van der Waals surface area contributed by atoms with Crippen LogP contribution in [0.1, 0.15) is 303 Å². The minimum absolute atomic E-state index is 0.0776. The van der Waals surface area contributed by atoms with Gasteiger partial charge in [-0.05, 0) is 83.5 Å². The highest BCUT2D eigenvalue weighted by Crippen LogP contribution is 2.16. The molecule has 0 rings (SSSR count). The molecule has 0 amide bonds. The van der Waals surface area contributed by atoms with Gasteiger partial charge >= 0.3 is 11.9 Å². The molecule has 0 saturated heterocycles. The molecule has 0 aromatic rings. The van der Waals surface area contributed by atoms with Crippen molar-refractivity contribution in [1.82, 2.24) is 0 Å². The molecule has 0 aliphatic heterocycles. The van der Waals surface area contributed by atoms with E-state index in [0.717, 1.165) is 70.6 Å². The Morgan fingerprint density at radius 3 is 1.06 bits per heavy atom. The Morgan fingerprint density at radius 2 is 0.636 bits per heavy atom. The highest BCUT2D eigenvalue weighted by Gasteiger charge is 2.17. The lowest BCUT2D eigenvalue weighted by atomic mass is 10.0. The number of carbonyl (C=O) groups is 2. The largest absolute Gasteiger partial charge is 0.462 e. The lowest BCUT2D eigenvalue weighted by Gasteiger charge is -2.18. The van der Waals surface area contributed by atoms with Crippen LogP contribution in [0.15, 0.2) is 48.6 Å². The number of unbranched alkanes of at least 4 members (excludes halogenated alkanes) is 35. The Morgan fingerprint density at radius 1 is 0.333 bits per heavy atom. The second kappa shape index (κ2) is 57.2. The fraction of sp³-hybridized carbons (Fsp3) is 0.836. The Bertz CT molecular complexity index is 1090. The van der Waals surface area contributed by atoms with E-state index in [-0.39, 0.29) is 25.2 Å². The second-order valence-electron chi connectivity index (χ2n) is 19.5. The number of esters is 2. The van der Waals surface area contributed by atoms with Gasteiger partial charge in [-0.2, -0.15) is 0 Å². The predicted octanol–water partition coefficient (Wildman–Crippen LogP) is 19.9. The fourth-order valence-electron chi connectivity index (χ4n) is 8.45. The summed E-state index contributed by atoms with van der Waals surface area (Å²) in [6, 6.07) is 0. The van der Waals surface area contributed by atoms with Crippen LogP contribution in [0.4, 0.5) is 0 Å². The fourth-order valence-corrected chi connectivity index (χ4v) is 8.45. The Hall–Kier alpha value is -2.14. The van der Waals surface area contributed by atoms with Gasteiger partial charge < -0.3 is 14.2 Å². The van der Waals surface area contributed by atoms with E-state index in [0.29, 0.717) is 19.4 Å². The van der Waals surface area contributed by atoms with E-state index in [1.165, 1.54) is 199 Å². The molecule has 5 nitrogen and oxygen atoms in total. The van der Waals surface area contributed by atoms with Crippen molar-refractivity contribution in [2.24, 2.45) is 0 Å². The molecule has 0 fully saturated rings. The molecular weight excluding hydrogens is 813 g/mol. The van der Waals surface area contributed by atoms with E-state index in [9.17, 15) is 9.59 Å². The van der Waals surface area contributed by atoms with Crippen molar-refractivity contribution in [3.05, 3.63) is 48.6 Å². The van der Waals surface area contributed by atoms with Gasteiger partial charge in [-0.1, -0.05) is 256 Å². The van der Waals surface area contributed by atoms with Crippen LogP contribution in [0.3, 0.4) is 0 Å². The number of ether oxygens (including phenoxy) is 3. The second-order valence-corrected chi connectivity index (χ2v) is 19.5. The monoisotopic (exact) mass is 925 g/mol. The van der Waals surface area contributed by atoms with Crippen molar-refractivity contribution in [3.63, 3.8) is 0 Å². The molecule has 0 radical (unpaired) electrons. The molecule has 0 N–H and O–H groups in total. The Balaban J connectivity index is 4.29. The normalized spacial score (nSPS) is 12.5. The standard InChI is InChI=1S/C61H112O5/c1-4-7-10-13-16-19-22-25-28-31-33-36-39-42-45-48-51-54-60(62)65-58-59(57-64-56-53-50-47-44-41-38-35-30-27-24-21-18-15-12-9-6-3)66-61(63)55-52-49-46-43-40-37-34-32-29-26-23-20-17-14-11-8-5-2/h17,20,25-26,28-29,34,37,59H,4-16,18-19,21-24,27,30-33,35-36,38-58H2,1-3H3/b20-17-,28-25-,29-26-,37-34-/t59-/m1/s1. The summed E-state index contributed by atoms with van der Waals surface area (Å²) in [6.45, 7) is 7.82. The van der Waals surface area contributed by atoms with Crippen LogP contribution < -0.4 is 0 Å². The van der Waals surface area contributed by atoms with Crippen molar-refractivity contribution in [2.75, 3.05) is 19.8 Å². The highest BCUT2D eigenvalue weighted by atomic mass is 16.6. The average molecular weight is 926 g/mol. The quantitative estimate of drug-likeness (QED) is 0.0345. The Labute approximate surface area is 412 Å². The maximum Gasteiger partial charge on any atom is 0.306 e. The summed E-state index contributed by atoms with van der Waals surface area (Å²) in [5.41, 5.74) is 0. The van der Waals surface area contributed by atoms with Crippen molar-refractivity contribution in [1.29, 1.82) is 0 Å². The predicted molar refractivity (Wildman–Crippen MR) is 288 cm³/mol. The molecule has 0 saturated carbocycles. The summed E-state index contributed by atoms with van der Waals surface area (Å²) in [5, 5.41) is 0. The first-order valence-electron chi connectivity index (χ1n) is 29.2. The van der Waals surface area contributed by atoms with Crippen LogP contribution in [-0.4, -0.2) is 37.9 Å². The first kappa shape index (κ1) is 63.9. The zero-order chi connectivity index (χ0) is 47.7. The van der Waals surface area contributed by atoms with E-state index < -0.39 is 6.10 Å². The first-order chi connectivity index (χ1) is 32.6. The number of hydrogen-bond acceptors (Lipinski definition) is 5. The maximum absolute atomic E-state index is 12.9. The van der Waals surface area contributed by atoms with Gasteiger partial charge in [0.25, 0.3) is 0 Å². The summed E-state index contributed by atoms with van der Waals surface area (Å²) in [6.07, 6.45) is 71.3. The average Bonchev–Trinajstić information content (AvgIpc) is 3.32. The highest BCUT2D eigenvalue weighted by molar-refractivity contribution is 5.70. The minimum Gasteiger partial charge on any atom is -0.462 e. The summed E-state index contributed by atoms with van der Waals surface area (Å²) in [4.78, 5) is 25.5. The van der Waals surface area contributed by atoms with Crippen LogP contribution in [0, 0.1) is 0 Å². The summed E-state index contributed by atoms with van der Waals surface area (Å²) in [7, 11) is 0. The minimum atomic E-state index is -0.547. The molecular formula is C61H112O5. The SMILES string of the molecule is CCCCC/C=C\C/C=C\C/C=C\CCCCCCC(=O)O[C@H](COCCCCCCCCCCCCCCCCCC)COC(=O)CCCCCCCCC/C=C\CCCCCCCC. The van der Waals surface area contributed by atoms with Crippen molar-refractivity contribution >= 4 is 11.9 Å². The number of carbonyl (C=O) groups excluding carboxylic acids is 2. The van der Waals surface area contributed by atoms with Crippen molar-refractivity contribution < 1.29 is 23.8 Å². The van der Waals surface area contributed by atoms with Gasteiger partial charge in [-0.25, -0.2) is 0 Å². The van der Waals surface area contributed by atoms with Crippen molar-refractivity contribution in [2.45, 2.75) is 309 Å². The van der Waals surface area contributed by atoms with Gasteiger partial charge in [-0.3, -0.25) is 9.59 Å². The van der Waals surface area contributed by atoms with Gasteiger partial charge in [-0.15, -0.1) is 0 Å². The number of rotatable bonds is 54. The molecule has 0 spiro atoms. The first-order valence-corrected chi connectivity index (χ1v) is 29.2. The van der Waals surface area contributed by atoms with Gasteiger partial charge in [0.05, 0.1) is 6.61 Å². The molecule has 0 aliphatic carbocycles. The number of allylic oxidation sites excluding steroid dienone is 8. The molecule has 5 heteroatoms. The van der Waals surface area contributed by atoms with E-state index in [2.05, 4.69) is 69.4 Å². The lowest BCUT2D eigenvalue weighted by Crippen LogP contribution is -2.30. The third-order valence-electron chi connectivity index (χ3n) is 12.8. The zero-order valence-corrected chi connectivity index (χ0v) is 44.5. The molecule has 0 bridgehead atoms. The smallest absolute Gasteiger partial charge is 0.306 e.